The lowest BCUT2D eigenvalue weighted by Crippen LogP contribution is -2.32. The van der Waals surface area contributed by atoms with Gasteiger partial charge in [-0.25, -0.2) is 0 Å². The van der Waals surface area contributed by atoms with Gasteiger partial charge in [0.05, 0.1) is 12.1 Å². The summed E-state index contributed by atoms with van der Waals surface area (Å²) in [6.45, 7) is 2.38. The van der Waals surface area contributed by atoms with Gasteiger partial charge in [-0.05, 0) is 72.7 Å². The Morgan fingerprint density at radius 2 is 1.66 bits per heavy atom. The molecule has 7 heteroatoms. The van der Waals surface area contributed by atoms with Crippen LogP contribution in [0.1, 0.15) is 29.7 Å². The Balaban J connectivity index is 1.42. The van der Waals surface area contributed by atoms with Crippen LogP contribution in [0, 0.1) is 0 Å². The minimum Gasteiger partial charge on any atom is -0.372 e. The molecule has 2 aliphatic rings. The van der Waals surface area contributed by atoms with Gasteiger partial charge in [-0.1, -0.05) is 6.07 Å². The third-order valence-electron chi connectivity index (χ3n) is 5.88. The lowest BCUT2D eigenvalue weighted by atomic mass is 10.1. The highest BCUT2D eigenvalue weighted by molar-refractivity contribution is 7.11. The van der Waals surface area contributed by atoms with Crippen LogP contribution in [0.2, 0.25) is 0 Å². The van der Waals surface area contributed by atoms with E-state index in [1.165, 1.54) is 41.2 Å². The van der Waals surface area contributed by atoms with Gasteiger partial charge in [-0.15, -0.1) is 11.3 Å². The summed E-state index contributed by atoms with van der Waals surface area (Å²) in [5.41, 5.74) is 3.60. The number of imide groups is 1. The van der Waals surface area contributed by atoms with Crippen molar-refractivity contribution < 1.29 is 9.59 Å². The number of anilines is 2. The lowest BCUT2D eigenvalue weighted by Gasteiger charge is -2.28. The molecule has 4 heterocycles. The van der Waals surface area contributed by atoms with E-state index in [1.807, 2.05) is 41.8 Å². The maximum absolute atomic E-state index is 13.3. The summed E-state index contributed by atoms with van der Waals surface area (Å²) >= 11 is 1.46. The van der Waals surface area contributed by atoms with Crippen LogP contribution in [-0.2, 0) is 16.1 Å². The number of rotatable bonds is 6. The van der Waals surface area contributed by atoms with E-state index in [9.17, 15) is 9.59 Å². The third-order valence-corrected chi connectivity index (χ3v) is 6.77. The van der Waals surface area contributed by atoms with E-state index in [-0.39, 0.29) is 18.4 Å². The van der Waals surface area contributed by atoms with Crippen molar-refractivity contribution in [3.8, 4) is 0 Å². The first-order chi connectivity index (χ1) is 15.7. The van der Waals surface area contributed by atoms with Gasteiger partial charge in [0.15, 0.2) is 0 Å². The summed E-state index contributed by atoms with van der Waals surface area (Å²) in [6.07, 6.45) is 7.07. The normalized spacial score (nSPS) is 16.8. The van der Waals surface area contributed by atoms with Crippen LogP contribution in [0.4, 0.5) is 11.4 Å². The van der Waals surface area contributed by atoms with Crippen LogP contribution >= 0.6 is 11.3 Å². The fourth-order valence-corrected chi connectivity index (χ4v) is 4.98. The molecule has 2 amide bonds. The van der Waals surface area contributed by atoms with Crippen molar-refractivity contribution >= 4 is 40.1 Å². The molecule has 0 atom stereocenters. The molecular weight excluding hydrogens is 420 g/mol. The number of benzene rings is 1. The summed E-state index contributed by atoms with van der Waals surface area (Å²) in [7, 11) is 0. The molecular formula is C25H24N4O2S. The third kappa shape index (κ3) is 4.03. The van der Waals surface area contributed by atoms with Gasteiger partial charge >= 0.3 is 0 Å². The van der Waals surface area contributed by atoms with Gasteiger partial charge in [-0.3, -0.25) is 19.5 Å². The van der Waals surface area contributed by atoms with Crippen LogP contribution in [0.5, 0.6) is 0 Å². The van der Waals surface area contributed by atoms with Gasteiger partial charge in [-0.2, -0.15) is 0 Å². The number of hydrogen-bond acceptors (Lipinski definition) is 6. The number of amides is 2. The highest BCUT2D eigenvalue weighted by Gasteiger charge is 2.39. The first-order valence-corrected chi connectivity index (χ1v) is 11.7. The number of hydrogen-bond donors (Lipinski definition) is 1. The molecule has 0 radical (unpaired) electrons. The van der Waals surface area contributed by atoms with E-state index in [2.05, 4.69) is 27.3 Å². The molecule has 1 aromatic carbocycles. The molecule has 1 N–H and O–H groups in total. The zero-order chi connectivity index (χ0) is 21.9. The van der Waals surface area contributed by atoms with E-state index < -0.39 is 0 Å². The molecule has 0 saturated carbocycles. The second-order valence-electron chi connectivity index (χ2n) is 8.00. The monoisotopic (exact) mass is 444 g/mol. The SMILES string of the molecule is O=C1C(Nc2ccc(N3CCCCC3)cc2)=C(c2cccs2)C(=O)N1Cc1ccncc1. The quantitative estimate of drug-likeness (QED) is 0.566. The Labute approximate surface area is 191 Å². The second-order valence-corrected chi connectivity index (χ2v) is 8.95. The molecule has 1 saturated heterocycles. The van der Waals surface area contributed by atoms with E-state index in [0.717, 1.165) is 29.2 Å². The molecule has 32 heavy (non-hydrogen) atoms. The molecule has 0 bridgehead atoms. The van der Waals surface area contributed by atoms with E-state index in [0.29, 0.717) is 11.3 Å². The summed E-state index contributed by atoms with van der Waals surface area (Å²) < 4.78 is 0. The van der Waals surface area contributed by atoms with Gasteiger partial charge in [0.25, 0.3) is 11.8 Å². The average molecular weight is 445 g/mol. The van der Waals surface area contributed by atoms with E-state index >= 15 is 0 Å². The molecule has 0 unspecified atom stereocenters. The summed E-state index contributed by atoms with van der Waals surface area (Å²) in [4.78, 5) is 35.1. The zero-order valence-corrected chi connectivity index (χ0v) is 18.5. The van der Waals surface area contributed by atoms with Gasteiger partial charge in [0.2, 0.25) is 0 Å². The van der Waals surface area contributed by atoms with Gasteiger partial charge < -0.3 is 10.2 Å². The molecule has 162 valence electrons. The first-order valence-electron chi connectivity index (χ1n) is 10.9. The summed E-state index contributed by atoms with van der Waals surface area (Å²) in [6, 6.07) is 15.5. The van der Waals surface area contributed by atoms with Crippen molar-refractivity contribution in [2.45, 2.75) is 25.8 Å². The van der Waals surface area contributed by atoms with Gasteiger partial charge in [0, 0.05) is 41.7 Å². The Morgan fingerprint density at radius 1 is 0.906 bits per heavy atom. The topological polar surface area (TPSA) is 65.5 Å². The Kier molecular flexibility index (Phi) is 5.73. The number of nitrogens with one attached hydrogen (secondary N) is 1. The molecule has 5 rings (SSSR count). The number of nitrogens with zero attached hydrogens (tertiary/aromatic N) is 3. The van der Waals surface area contributed by atoms with Crippen LogP contribution in [0.3, 0.4) is 0 Å². The summed E-state index contributed by atoms with van der Waals surface area (Å²) in [5.74, 6) is -0.586. The Hall–Kier alpha value is -3.45. The van der Waals surface area contributed by atoms with Crippen molar-refractivity contribution in [3.63, 3.8) is 0 Å². The lowest BCUT2D eigenvalue weighted by molar-refractivity contribution is -0.137. The number of carbonyl (C=O) groups is 2. The highest BCUT2D eigenvalue weighted by atomic mass is 32.1. The van der Waals surface area contributed by atoms with Crippen LogP contribution in [0.25, 0.3) is 5.57 Å². The molecule has 0 aliphatic carbocycles. The second kappa shape index (κ2) is 8.96. The maximum atomic E-state index is 13.3. The largest absolute Gasteiger partial charge is 0.372 e. The van der Waals surface area contributed by atoms with E-state index in [1.54, 1.807) is 12.4 Å². The summed E-state index contributed by atoms with van der Waals surface area (Å²) in [5, 5.41) is 5.16. The maximum Gasteiger partial charge on any atom is 0.278 e. The Morgan fingerprint density at radius 3 is 2.34 bits per heavy atom. The standard InChI is InChI=1S/C25H24N4O2S/c30-24-22(21-5-4-16-32-21)23(25(31)29(24)17-18-10-12-26-13-11-18)27-19-6-8-20(9-7-19)28-14-2-1-3-15-28/h4-13,16,27H,1-3,14-15,17H2. The Bertz CT molecular complexity index is 1130. The molecule has 3 aromatic rings. The van der Waals surface area contributed by atoms with Crippen LogP contribution in [0.15, 0.2) is 72.0 Å². The number of aromatic nitrogens is 1. The van der Waals surface area contributed by atoms with E-state index in [4.69, 9.17) is 0 Å². The minimum atomic E-state index is -0.310. The van der Waals surface area contributed by atoms with Crippen LogP contribution < -0.4 is 10.2 Å². The van der Waals surface area contributed by atoms with Crippen molar-refractivity contribution in [2.75, 3.05) is 23.3 Å². The fourth-order valence-electron chi connectivity index (χ4n) is 4.21. The number of pyridine rings is 1. The van der Waals surface area contributed by atoms with Crippen molar-refractivity contribution in [1.29, 1.82) is 0 Å². The average Bonchev–Trinajstić information content (AvgIpc) is 3.44. The fraction of sp³-hybridized carbons (Fsp3) is 0.240. The van der Waals surface area contributed by atoms with Crippen molar-refractivity contribution in [2.24, 2.45) is 0 Å². The molecule has 0 spiro atoms. The molecule has 6 nitrogen and oxygen atoms in total. The highest BCUT2D eigenvalue weighted by Crippen LogP contribution is 2.34. The van der Waals surface area contributed by atoms with Gasteiger partial charge in [0.1, 0.15) is 5.70 Å². The van der Waals surface area contributed by atoms with Crippen LogP contribution in [-0.4, -0.2) is 34.8 Å². The molecule has 1 fully saturated rings. The predicted molar refractivity (Wildman–Crippen MR) is 127 cm³/mol. The van der Waals surface area contributed by atoms with Crippen molar-refractivity contribution in [1.82, 2.24) is 9.88 Å². The molecule has 2 aliphatic heterocycles. The smallest absolute Gasteiger partial charge is 0.278 e. The number of carbonyl (C=O) groups excluding carboxylic acids is 2. The minimum absolute atomic E-state index is 0.216. The number of piperidine rings is 1. The zero-order valence-electron chi connectivity index (χ0n) is 17.7. The molecule has 2 aromatic heterocycles. The first kappa shape index (κ1) is 20.5. The predicted octanol–water partition coefficient (Wildman–Crippen LogP) is 4.53. The number of thiophene rings is 1. The van der Waals surface area contributed by atoms with Crippen molar-refractivity contribution in [3.05, 3.63) is 82.4 Å².